The smallest absolute Gasteiger partial charge is 0.272 e. The van der Waals surface area contributed by atoms with Crippen molar-refractivity contribution in [3.05, 3.63) is 105 Å². The van der Waals surface area contributed by atoms with Gasteiger partial charge in [0.25, 0.3) is 11.2 Å². The zero-order valence-electron chi connectivity index (χ0n) is 16.3. The van der Waals surface area contributed by atoms with Crippen molar-refractivity contribution in [3.8, 4) is 11.4 Å². The molecule has 0 aliphatic heterocycles. The summed E-state index contributed by atoms with van der Waals surface area (Å²) in [4.78, 5) is 41.2. The van der Waals surface area contributed by atoms with Crippen LogP contribution in [-0.2, 0) is 6.42 Å². The van der Waals surface area contributed by atoms with E-state index >= 15 is 0 Å². The second kappa shape index (κ2) is 8.19. The van der Waals surface area contributed by atoms with E-state index in [0.29, 0.717) is 11.3 Å². The van der Waals surface area contributed by atoms with Gasteiger partial charge in [0.1, 0.15) is 11.3 Å². The summed E-state index contributed by atoms with van der Waals surface area (Å²) in [5, 5.41) is 22.2. The summed E-state index contributed by atoms with van der Waals surface area (Å²) in [6.07, 6.45) is 1.39. The summed E-state index contributed by atoms with van der Waals surface area (Å²) >= 11 is 0. The van der Waals surface area contributed by atoms with E-state index in [1.54, 1.807) is 60.7 Å². The van der Waals surface area contributed by atoms with Crippen LogP contribution in [0.25, 0.3) is 16.7 Å². The standard InChI is InChI=1S/C23H17N3O5/c27-19(13-12-15-7-4-5-11-18(15)26(30)31)20-21(28)17-10-6-14-24-22(17)25(23(20)29)16-8-2-1-3-9-16/h1-11,14,28H,12-13H2. The molecule has 2 aromatic heterocycles. The highest BCUT2D eigenvalue weighted by atomic mass is 16.6. The number of rotatable bonds is 6. The van der Waals surface area contributed by atoms with Crippen LogP contribution in [0.15, 0.2) is 77.7 Å². The fraction of sp³-hybridized carbons (Fsp3) is 0.0870. The van der Waals surface area contributed by atoms with Crippen LogP contribution in [0.2, 0.25) is 0 Å². The Bertz CT molecular complexity index is 1360. The van der Waals surface area contributed by atoms with E-state index in [1.165, 1.54) is 16.8 Å². The van der Waals surface area contributed by atoms with Crippen molar-refractivity contribution in [2.24, 2.45) is 0 Å². The molecule has 0 fully saturated rings. The number of nitro groups is 1. The lowest BCUT2D eigenvalue weighted by atomic mass is 10.0. The molecular formula is C23H17N3O5. The van der Waals surface area contributed by atoms with Crippen molar-refractivity contribution in [2.45, 2.75) is 12.8 Å². The fourth-order valence-corrected chi connectivity index (χ4v) is 3.55. The Balaban J connectivity index is 1.80. The molecule has 0 aliphatic rings. The molecule has 154 valence electrons. The number of ketones is 1. The normalized spacial score (nSPS) is 10.8. The molecule has 4 aromatic rings. The van der Waals surface area contributed by atoms with Crippen molar-refractivity contribution < 1.29 is 14.8 Å². The average Bonchev–Trinajstić information content (AvgIpc) is 2.78. The third-order valence-electron chi connectivity index (χ3n) is 5.01. The molecule has 0 radical (unpaired) electrons. The van der Waals surface area contributed by atoms with Crippen molar-refractivity contribution in [1.82, 2.24) is 9.55 Å². The summed E-state index contributed by atoms with van der Waals surface area (Å²) in [6, 6.07) is 18.0. The molecule has 0 bridgehead atoms. The average molecular weight is 415 g/mol. The zero-order valence-corrected chi connectivity index (χ0v) is 16.3. The third-order valence-corrected chi connectivity index (χ3v) is 5.01. The summed E-state index contributed by atoms with van der Waals surface area (Å²) < 4.78 is 1.28. The van der Waals surface area contributed by atoms with Gasteiger partial charge in [0.15, 0.2) is 11.4 Å². The van der Waals surface area contributed by atoms with E-state index in [9.17, 15) is 24.8 Å². The van der Waals surface area contributed by atoms with Gasteiger partial charge in [-0.1, -0.05) is 36.4 Å². The molecule has 8 nitrogen and oxygen atoms in total. The van der Waals surface area contributed by atoms with Crippen LogP contribution >= 0.6 is 0 Å². The van der Waals surface area contributed by atoms with Gasteiger partial charge in [-0.25, -0.2) is 4.98 Å². The van der Waals surface area contributed by atoms with Crippen LogP contribution < -0.4 is 5.56 Å². The second-order valence-corrected chi connectivity index (χ2v) is 6.88. The van der Waals surface area contributed by atoms with Gasteiger partial charge >= 0.3 is 0 Å². The SMILES string of the molecule is O=C(CCc1ccccc1[N+](=O)[O-])c1c(O)c2cccnc2n(-c2ccccc2)c1=O. The van der Waals surface area contributed by atoms with Crippen LogP contribution in [0.3, 0.4) is 0 Å². The highest BCUT2D eigenvalue weighted by molar-refractivity contribution is 6.03. The number of Topliss-reactive ketones (excluding diaryl/α,β-unsaturated/α-hetero) is 1. The minimum absolute atomic E-state index is 0.0608. The summed E-state index contributed by atoms with van der Waals surface area (Å²) in [7, 11) is 0. The van der Waals surface area contributed by atoms with Gasteiger partial charge in [-0.3, -0.25) is 24.3 Å². The number of carbonyl (C=O) groups is 1. The lowest BCUT2D eigenvalue weighted by Gasteiger charge is -2.13. The van der Waals surface area contributed by atoms with Crippen LogP contribution in [0.4, 0.5) is 5.69 Å². The Morgan fingerprint density at radius 1 is 1.03 bits per heavy atom. The number of nitro benzene ring substituents is 1. The minimum Gasteiger partial charge on any atom is -0.506 e. The number of para-hydroxylation sites is 2. The number of aromatic nitrogens is 2. The monoisotopic (exact) mass is 415 g/mol. The molecule has 8 heteroatoms. The van der Waals surface area contributed by atoms with Crippen LogP contribution in [0, 0.1) is 10.1 Å². The fourth-order valence-electron chi connectivity index (χ4n) is 3.55. The number of aryl methyl sites for hydroxylation is 1. The van der Waals surface area contributed by atoms with Gasteiger partial charge in [-0.15, -0.1) is 0 Å². The molecule has 0 amide bonds. The predicted octanol–water partition coefficient (Wildman–Crippen LogP) is 3.82. The Morgan fingerprint density at radius 3 is 2.48 bits per heavy atom. The first-order chi connectivity index (χ1) is 15.0. The number of hydrogen-bond donors (Lipinski definition) is 1. The zero-order chi connectivity index (χ0) is 22.0. The Kier molecular flexibility index (Phi) is 5.28. The van der Waals surface area contributed by atoms with Gasteiger partial charge in [0.2, 0.25) is 0 Å². The molecule has 2 heterocycles. The number of aromatic hydroxyl groups is 1. The largest absolute Gasteiger partial charge is 0.506 e. The molecule has 0 atom stereocenters. The van der Waals surface area contributed by atoms with Gasteiger partial charge in [0, 0.05) is 24.2 Å². The molecule has 0 spiro atoms. The molecule has 0 unspecified atom stereocenters. The first-order valence-electron chi connectivity index (χ1n) is 9.52. The first-order valence-corrected chi connectivity index (χ1v) is 9.52. The van der Waals surface area contributed by atoms with Crippen LogP contribution in [0.1, 0.15) is 22.3 Å². The number of pyridine rings is 2. The van der Waals surface area contributed by atoms with E-state index in [4.69, 9.17) is 0 Å². The van der Waals surface area contributed by atoms with Crippen molar-refractivity contribution in [2.75, 3.05) is 0 Å². The van der Waals surface area contributed by atoms with Crippen molar-refractivity contribution in [1.29, 1.82) is 0 Å². The Labute approximate surface area is 176 Å². The van der Waals surface area contributed by atoms with E-state index in [1.807, 2.05) is 0 Å². The number of fused-ring (bicyclic) bond motifs is 1. The predicted molar refractivity (Wildman–Crippen MR) is 115 cm³/mol. The van der Waals surface area contributed by atoms with E-state index < -0.39 is 22.0 Å². The van der Waals surface area contributed by atoms with E-state index in [-0.39, 0.29) is 35.1 Å². The van der Waals surface area contributed by atoms with E-state index in [2.05, 4.69) is 4.98 Å². The summed E-state index contributed by atoms with van der Waals surface area (Å²) in [6.45, 7) is 0. The first kappa shape index (κ1) is 20.0. The molecule has 2 aromatic carbocycles. The minimum atomic E-state index is -0.692. The van der Waals surface area contributed by atoms with Crippen molar-refractivity contribution >= 4 is 22.5 Å². The molecular weight excluding hydrogens is 398 g/mol. The van der Waals surface area contributed by atoms with Crippen molar-refractivity contribution in [3.63, 3.8) is 0 Å². The maximum atomic E-state index is 13.3. The molecule has 0 aliphatic carbocycles. The quantitative estimate of drug-likeness (QED) is 0.291. The third kappa shape index (κ3) is 3.66. The molecule has 1 N–H and O–H groups in total. The topological polar surface area (TPSA) is 115 Å². The molecule has 0 saturated carbocycles. The van der Waals surface area contributed by atoms with Gasteiger partial charge in [-0.2, -0.15) is 0 Å². The lowest BCUT2D eigenvalue weighted by molar-refractivity contribution is -0.385. The maximum absolute atomic E-state index is 13.3. The number of hydrogen-bond acceptors (Lipinski definition) is 6. The molecule has 0 saturated heterocycles. The number of benzene rings is 2. The highest BCUT2D eigenvalue weighted by Crippen LogP contribution is 2.28. The molecule has 4 rings (SSSR count). The number of nitrogens with zero attached hydrogens (tertiary/aromatic N) is 3. The lowest BCUT2D eigenvalue weighted by Crippen LogP contribution is -2.26. The summed E-state index contributed by atoms with van der Waals surface area (Å²) in [5.74, 6) is -1.04. The van der Waals surface area contributed by atoms with Crippen LogP contribution in [0.5, 0.6) is 5.75 Å². The number of carbonyl (C=O) groups excluding carboxylic acids is 1. The Hall–Kier alpha value is -4.33. The summed E-state index contributed by atoms with van der Waals surface area (Å²) in [5.41, 5.74) is -0.0316. The van der Waals surface area contributed by atoms with Gasteiger partial charge in [0.05, 0.1) is 16.0 Å². The Morgan fingerprint density at radius 2 is 1.74 bits per heavy atom. The van der Waals surface area contributed by atoms with Gasteiger partial charge < -0.3 is 5.11 Å². The van der Waals surface area contributed by atoms with Gasteiger partial charge in [-0.05, 0) is 30.7 Å². The molecule has 31 heavy (non-hydrogen) atoms. The van der Waals surface area contributed by atoms with E-state index in [0.717, 1.165) is 0 Å². The highest BCUT2D eigenvalue weighted by Gasteiger charge is 2.24. The van der Waals surface area contributed by atoms with Crippen LogP contribution in [-0.4, -0.2) is 25.4 Å². The second-order valence-electron chi connectivity index (χ2n) is 6.88. The maximum Gasteiger partial charge on any atom is 0.272 e.